The fourth-order valence-corrected chi connectivity index (χ4v) is 2.27. The highest BCUT2D eigenvalue weighted by Gasteiger charge is 2.15. The van der Waals surface area contributed by atoms with Crippen molar-refractivity contribution in [1.29, 1.82) is 0 Å². The van der Waals surface area contributed by atoms with E-state index in [0.29, 0.717) is 16.7 Å². The van der Waals surface area contributed by atoms with Gasteiger partial charge in [0, 0.05) is 12.0 Å². The zero-order valence-electron chi connectivity index (χ0n) is 10.2. The van der Waals surface area contributed by atoms with Crippen LogP contribution in [-0.4, -0.2) is 12.9 Å². The van der Waals surface area contributed by atoms with Gasteiger partial charge in [0.15, 0.2) is 10.5 Å². The predicted octanol–water partition coefficient (Wildman–Crippen LogP) is 3.78. The molecule has 18 heavy (non-hydrogen) atoms. The maximum absolute atomic E-state index is 12.1. The molecule has 0 aliphatic rings. The van der Waals surface area contributed by atoms with Crippen molar-refractivity contribution in [2.75, 3.05) is 7.11 Å². The molecule has 0 N–H and O–H groups in total. The van der Waals surface area contributed by atoms with Crippen LogP contribution in [-0.2, 0) is 6.42 Å². The molecule has 0 radical (unpaired) electrons. The highest BCUT2D eigenvalue weighted by atomic mass is 79.9. The summed E-state index contributed by atoms with van der Waals surface area (Å²) in [5.41, 5.74) is 2.54. The van der Waals surface area contributed by atoms with Crippen LogP contribution in [0, 0.1) is 6.92 Å². The van der Waals surface area contributed by atoms with Gasteiger partial charge >= 0.3 is 0 Å². The van der Waals surface area contributed by atoms with Gasteiger partial charge < -0.3 is 9.15 Å². The maximum Gasteiger partial charge on any atom is 0.179 e. The number of aryl methyl sites for hydroxylation is 1. The summed E-state index contributed by atoms with van der Waals surface area (Å²) >= 11 is 3.21. The molecule has 0 saturated heterocycles. The molecule has 4 heteroatoms. The van der Waals surface area contributed by atoms with Crippen molar-refractivity contribution in [2.24, 2.45) is 0 Å². The first-order valence-corrected chi connectivity index (χ1v) is 6.31. The maximum atomic E-state index is 12.1. The second-order valence-electron chi connectivity index (χ2n) is 4.02. The summed E-state index contributed by atoms with van der Waals surface area (Å²) in [5, 5.41) is 0. The minimum absolute atomic E-state index is 0.000440. The number of rotatable bonds is 4. The number of benzene rings is 1. The van der Waals surface area contributed by atoms with E-state index in [0.717, 1.165) is 16.9 Å². The average molecular weight is 309 g/mol. The van der Waals surface area contributed by atoms with Crippen LogP contribution in [0.15, 0.2) is 39.6 Å². The normalized spacial score (nSPS) is 10.4. The van der Waals surface area contributed by atoms with Gasteiger partial charge in [-0.05, 0) is 35.0 Å². The van der Waals surface area contributed by atoms with Gasteiger partial charge in [0.05, 0.1) is 18.9 Å². The Morgan fingerprint density at radius 1 is 1.39 bits per heavy atom. The van der Waals surface area contributed by atoms with E-state index in [-0.39, 0.29) is 5.78 Å². The summed E-state index contributed by atoms with van der Waals surface area (Å²) < 4.78 is 10.8. The van der Waals surface area contributed by atoms with Gasteiger partial charge in [-0.25, -0.2) is 0 Å². The fraction of sp³-hybridized carbons (Fsp3) is 0.214. The number of carbonyl (C=O) groups is 1. The molecule has 1 heterocycles. The van der Waals surface area contributed by atoms with Crippen LogP contribution in [0.3, 0.4) is 0 Å². The summed E-state index contributed by atoms with van der Waals surface area (Å²) in [4.78, 5) is 12.1. The van der Waals surface area contributed by atoms with Gasteiger partial charge in [-0.2, -0.15) is 0 Å². The van der Waals surface area contributed by atoms with Crippen LogP contribution in [0.1, 0.15) is 21.5 Å². The molecule has 2 rings (SSSR count). The molecule has 0 bridgehead atoms. The van der Waals surface area contributed by atoms with E-state index in [2.05, 4.69) is 15.9 Å². The number of Topliss-reactive ketones (excluding diaryl/α,β-unsaturated/α-hetero) is 1. The third-order valence-corrected chi connectivity index (χ3v) is 3.32. The molecule has 94 valence electrons. The van der Waals surface area contributed by atoms with Crippen LogP contribution in [0.25, 0.3) is 0 Å². The summed E-state index contributed by atoms with van der Waals surface area (Å²) in [6, 6.07) is 7.46. The zero-order chi connectivity index (χ0) is 13.1. The van der Waals surface area contributed by atoms with Crippen molar-refractivity contribution in [1.82, 2.24) is 0 Å². The Hall–Kier alpha value is -1.55. The summed E-state index contributed by atoms with van der Waals surface area (Å²) in [6.45, 7) is 1.99. The standard InChI is InChI=1S/C14H13BrO3/c1-9-3-4-13(17-2)10(7-9)8-12(16)11-5-6-18-14(11)15/h3-7H,8H2,1-2H3. The van der Waals surface area contributed by atoms with Gasteiger partial charge in [0.2, 0.25) is 0 Å². The second kappa shape index (κ2) is 5.40. The smallest absolute Gasteiger partial charge is 0.179 e. The molecule has 1 aromatic carbocycles. The quantitative estimate of drug-likeness (QED) is 0.807. The molecule has 0 fully saturated rings. The predicted molar refractivity (Wildman–Crippen MR) is 72.2 cm³/mol. The number of furan rings is 1. The summed E-state index contributed by atoms with van der Waals surface area (Å²) in [7, 11) is 1.60. The topological polar surface area (TPSA) is 39.4 Å². The lowest BCUT2D eigenvalue weighted by Gasteiger charge is -2.08. The molecular formula is C14H13BrO3. The van der Waals surface area contributed by atoms with Gasteiger partial charge in [-0.15, -0.1) is 0 Å². The van der Waals surface area contributed by atoms with Crippen molar-refractivity contribution >= 4 is 21.7 Å². The lowest BCUT2D eigenvalue weighted by atomic mass is 10.0. The van der Waals surface area contributed by atoms with E-state index in [1.165, 1.54) is 6.26 Å². The first-order chi connectivity index (χ1) is 8.61. The number of ketones is 1. The monoisotopic (exact) mass is 308 g/mol. The van der Waals surface area contributed by atoms with E-state index in [4.69, 9.17) is 9.15 Å². The minimum atomic E-state index is -0.000440. The Labute approximate surface area is 114 Å². The lowest BCUT2D eigenvalue weighted by Crippen LogP contribution is -2.04. The van der Waals surface area contributed by atoms with E-state index < -0.39 is 0 Å². The first-order valence-electron chi connectivity index (χ1n) is 5.51. The second-order valence-corrected chi connectivity index (χ2v) is 4.74. The number of methoxy groups -OCH3 is 1. The molecule has 0 spiro atoms. The number of hydrogen-bond donors (Lipinski definition) is 0. The van der Waals surface area contributed by atoms with Crippen molar-refractivity contribution < 1.29 is 13.9 Å². The van der Waals surface area contributed by atoms with Crippen LogP contribution in [0.5, 0.6) is 5.75 Å². The number of ether oxygens (including phenoxy) is 1. The molecule has 0 aliphatic heterocycles. The van der Waals surface area contributed by atoms with Crippen molar-refractivity contribution in [3.8, 4) is 5.75 Å². The van der Waals surface area contributed by atoms with Gasteiger partial charge in [0.25, 0.3) is 0 Å². The number of halogens is 1. The Balaban J connectivity index is 2.27. The van der Waals surface area contributed by atoms with E-state index >= 15 is 0 Å². The van der Waals surface area contributed by atoms with Gasteiger partial charge in [0.1, 0.15) is 5.75 Å². The third-order valence-electron chi connectivity index (χ3n) is 2.71. The Bertz CT molecular complexity index is 572. The highest BCUT2D eigenvalue weighted by Crippen LogP contribution is 2.24. The van der Waals surface area contributed by atoms with Crippen molar-refractivity contribution in [3.63, 3.8) is 0 Å². The van der Waals surface area contributed by atoms with Gasteiger partial charge in [-0.1, -0.05) is 17.7 Å². The van der Waals surface area contributed by atoms with Crippen molar-refractivity contribution in [3.05, 3.63) is 51.9 Å². The molecule has 3 nitrogen and oxygen atoms in total. The van der Waals surface area contributed by atoms with E-state index in [1.807, 2.05) is 25.1 Å². The number of hydrogen-bond acceptors (Lipinski definition) is 3. The van der Waals surface area contributed by atoms with Crippen LogP contribution >= 0.6 is 15.9 Å². The molecule has 2 aromatic rings. The van der Waals surface area contributed by atoms with E-state index in [1.54, 1.807) is 13.2 Å². The molecule has 1 aromatic heterocycles. The Morgan fingerprint density at radius 3 is 2.78 bits per heavy atom. The van der Waals surface area contributed by atoms with Crippen LogP contribution in [0.2, 0.25) is 0 Å². The molecule has 0 unspecified atom stereocenters. The van der Waals surface area contributed by atoms with Gasteiger partial charge in [-0.3, -0.25) is 4.79 Å². The van der Waals surface area contributed by atoms with Crippen molar-refractivity contribution in [2.45, 2.75) is 13.3 Å². The van der Waals surface area contributed by atoms with Crippen LogP contribution < -0.4 is 4.74 Å². The molecule has 0 saturated carbocycles. The average Bonchev–Trinajstić information content (AvgIpc) is 2.76. The lowest BCUT2D eigenvalue weighted by molar-refractivity contribution is 0.0990. The largest absolute Gasteiger partial charge is 0.496 e. The highest BCUT2D eigenvalue weighted by molar-refractivity contribution is 9.10. The third kappa shape index (κ3) is 2.64. The molecule has 0 amide bonds. The SMILES string of the molecule is COc1ccc(C)cc1CC(=O)c1ccoc1Br. The van der Waals surface area contributed by atoms with Crippen LogP contribution in [0.4, 0.5) is 0 Å². The minimum Gasteiger partial charge on any atom is -0.496 e. The summed E-state index contributed by atoms with van der Waals surface area (Å²) in [5.74, 6) is 0.730. The van der Waals surface area contributed by atoms with E-state index in [9.17, 15) is 4.79 Å². The summed E-state index contributed by atoms with van der Waals surface area (Å²) in [6.07, 6.45) is 1.79. The zero-order valence-corrected chi connectivity index (χ0v) is 11.8. The molecule has 0 atom stereocenters. The number of carbonyl (C=O) groups excluding carboxylic acids is 1. The Kier molecular flexibility index (Phi) is 3.87. The molecular weight excluding hydrogens is 296 g/mol. The first kappa shape index (κ1) is 12.9. The fourth-order valence-electron chi connectivity index (χ4n) is 1.81. The Morgan fingerprint density at radius 2 is 2.17 bits per heavy atom. The molecule has 0 aliphatic carbocycles.